The van der Waals surface area contributed by atoms with Gasteiger partial charge in [0.05, 0.1) is 17.8 Å². The third-order valence-corrected chi connectivity index (χ3v) is 2.20. The Morgan fingerprint density at radius 3 is 3.00 bits per heavy atom. The van der Waals surface area contributed by atoms with Gasteiger partial charge >= 0.3 is 5.82 Å². The Kier molecular flexibility index (Phi) is 4.02. The lowest BCUT2D eigenvalue weighted by Crippen LogP contribution is -2.19. The van der Waals surface area contributed by atoms with Gasteiger partial charge in [0.2, 0.25) is 0 Å². The first-order valence-electron chi connectivity index (χ1n) is 4.23. The number of hydrogen-bond acceptors (Lipinski definition) is 4. The van der Waals surface area contributed by atoms with Crippen molar-refractivity contribution >= 4 is 21.7 Å². The van der Waals surface area contributed by atoms with Gasteiger partial charge in [0, 0.05) is 6.54 Å². The molecule has 0 bridgehead atoms. The van der Waals surface area contributed by atoms with Gasteiger partial charge in [-0.25, -0.2) is 0 Å². The van der Waals surface area contributed by atoms with E-state index in [0.717, 1.165) is 13.1 Å². The molecule has 0 unspecified atom stereocenters. The van der Waals surface area contributed by atoms with Gasteiger partial charge in [-0.05, 0) is 27.4 Å². The van der Waals surface area contributed by atoms with Crippen molar-refractivity contribution in [3.8, 4) is 0 Å². The van der Waals surface area contributed by atoms with Crippen LogP contribution in [0.4, 0.5) is 5.82 Å². The molecule has 0 fully saturated rings. The smallest absolute Gasteiger partial charge is 0.358 e. The summed E-state index contributed by atoms with van der Waals surface area (Å²) in [6.45, 7) is 4.26. The van der Waals surface area contributed by atoms with E-state index in [-0.39, 0.29) is 5.82 Å². The average molecular weight is 263 g/mol. The van der Waals surface area contributed by atoms with Crippen molar-refractivity contribution in [2.24, 2.45) is 0 Å². The summed E-state index contributed by atoms with van der Waals surface area (Å²) in [5.74, 6) is -0.138. The lowest BCUT2D eigenvalue weighted by Gasteiger charge is -1.97. The molecule has 1 heterocycles. The Balaban J connectivity index is 2.62. The molecule has 7 heteroatoms. The van der Waals surface area contributed by atoms with Gasteiger partial charge in [-0.1, -0.05) is 6.92 Å². The Morgan fingerprint density at radius 1 is 1.79 bits per heavy atom. The van der Waals surface area contributed by atoms with Crippen LogP contribution in [0.2, 0.25) is 0 Å². The second kappa shape index (κ2) is 5.06. The summed E-state index contributed by atoms with van der Waals surface area (Å²) in [4.78, 5) is 9.94. The van der Waals surface area contributed by atoms with Crippen molar-refractivity contribution in [3.05, 3.63) is 20.8 Å². The van der Waals surface area contributed by atoms with Crippen molar-refractivity contribution in [2.45, 2.75) is 13.5 Å². The molecule has 1 rings (SSSR count). The molecule has 0 spiro atoms. The maximum absolute atomic E-state index is 10.4. The highest BCUT2D eigenvalue weighted by Crippen LogP contribution is 2.21. The minimum atomic E-state index is -0.506. The number of hydrogen-bond donors (Lipinski definition) is 1. The Morgan fingerprint density at radius 2 is 2.50 bits per heavy atom. The SMILES string of the molecule is CCNCCn1cc(Br)c([N+](=O)[O-])n1. The van der Waals surface area contributed by atoms with Crippen LogP contribution in [0.3, 0.4) is 0 Å². The highest BCUT2D eigenvalue weighted by Gasteiger charge is 2.17. The van der Waals surface area contributed by atoms with E-state index in [9.17, 15) is 10.1 Å². The monoisotopic (exact) mass is 262 g/mol. The van der Waals surface area contributed by atoms with E-state index in [1.165, 1.54) is 0 Å². The standard InChI is InChI=1S/C7H11BrN4O2/c1-2-9-3-4-11-5-6(8)7(10-11)12(13)14/h5,9H,2-4H2,1H3. The summed E-state index contributed by atoms with van der Waals surface area (Å²) in [6, 6.07) is 0. The third kappa shape index (κ3) is 2.78. The Hall–Kier alpha value is -0.950. The summed E-state index contributed by atoms with van der Waals surface area (Å²) < 4.78 is 1.96. The van der Waals surface area contributed by atoms with E-state index in [1.54, 1.807) is 10.9 Å². The number of nitro groups is 1. The van der Waals surface area contributed by atoms with Gasteiger partial charge in [-0.15, -0.1) is 0 Å². The van der Waals surface area contributed by atoms with E-state index >= 15 is 0 Å². The number of nitrogens with one attached hydrogen (secondary N) is 1. The van der Waals surface area contributed by atoms with Gasteiger partial charge in [-0.3, -0.25) is 0 Å². The molecule has 0 aliphatic rings. The van der Waals surface area contributed by atoms with Crippen LogP contribution in [0.15, 0.2) is 10.7 Å². The molecule has 0 radical (unpaired) electrons. The quantitative estimate of drug-likeness (QED) is 0.491. The molecule has 0 aromatic carbocycles. The topological polar surface area (TPSA) is 73.0 Å². The molecular weight excluding hydrogens is 252 g/mol. The van der Waals surface area contributed by atoms with Crippen LogP contribution in [-0.4, -0.2) is 27.8 Å². The predicted octanol–water partition coefficient (Wildman–Crippen LogP) is 1.16. The lowest BCUT2D eigenvalue weighted by atomic mass is 10.6. The van der Waals surface area contributed by atoms with Gasteiger partial charge in [-0.2, -0.15) is 4.68 Å². The summed E-state index contributed by atoms with van der Waals surface area (Å²) in [5.41, 5.74) is 0. The maximum atomic E-state index is 10.4. The minimum Gasteiger partial charge on any atom is -0.358 e. The molecular formula is C7H11BrN4O2. The van der Waals surface area contributed by atoms with E-state index in [0.29, 0.717) is 11.0 Å². The first-order valence-corrected chi connectivity index (χ1v) is 5.02. The molecule has 0 atom stereocenters. The van der Waals surface area contributed by atoms with E-state index in [1.807, 2.05) is 6.92 Å². The van der Waals surface area contributed by atoms with E-state index in [2.05, 4.69) is 26.3 Å². The maximum Gasteiger partial charge on any atom is 0.404 e. The van der Waals surface area contributed by atoms with Crippen LogP contribution >= 0.6 is 15.9 Å². The largest absolute Gasteiger partial charge is 0.404 e. The number of nitrogens with zero attached hydrogens (tertiary/aromatic N) is 3. The van der Waals surface area contributed by atoms with Gasteiger partial charge in [0.1, 0.15) is 4.47 Å². The van der Waals surface area contributed by atoms with Crippen molar-refractivity contribution in [3.63, 3.8) is 0 Å². The fraction of sp³-hybridized carbons (Fsp3) is 0.571. The molecule has 1 N–H and O–H groups in total. The predicted molar refractivity (Wildman–Crippen MR) is 55.1 cm³/mol. The molecule has 78 valence electrons. The number of rotatable bonds is 5. The van der Waals surface area contributed by atoms with Crippen LogP contribution in [0.1, 0.15) is 6.92 Å². The molecule has 0 aliphatic carbocycles. The molecule has 1 aromatic rings. The van der Waals surface area contributed by atoms with Crippen LogP contribution in [0.5, 0.6) is 0 Å². The van der Waals surface area contributed by atoms with Crippen LogP contribution < -0.4 is 5.32 Å². The summed E-state index contributed by atoms with van der Waals surface area (Å²) in [6.07, 6.45) is 1.61. The molecule has 0 aliphatic heterocycles. The number of halogens is 1. The van der Waals surface area contributed by atoms with E-state index in [4.69, 9.17) is 0 Å². The zero-order valence-electron chi connectivity index (χ0n) is 7.73. The molecule has 0 saturated carbocycles. The average Bonchev–Trinajstić information content (AvgIpc) is 2.47. The normalized spacial score (nSPS) is 10.4. The van der Waals surface area contributed by atoms with Crippen molar-refractivity contribution in [1.82, 2.24) is 15.1 Å². The van der Waals surface area contributed by atoms with Crippen LogP contribution in [0.25, 0.3) is 0 Å². The molecule has 6 nitrogen and oxygen atoms in total. The molecule has 1 aromatic heterocycles. The Labute approximate surface area is 89.6 Å². The first kappa shape index (κ1) is 11.1. The fourth-order valence-electron chi connectivity index (χ4n) is 0.996. The van der Waals surface area contributed by atoms with Crippen molar-refractivity contribution in [1.29, 1.82) is 0 Å². The van der Waals surface area contributed by atoms with Crippen LogP contribution in [0, 0.1) is 10.1 Å². The second-order valence-electron chi connectivity index (χ2n) is 2.67. The summed E-state index contributed by atoms with van der Waals surface area (Å²) >= 11 is 3.08. The van der Waals surface area contributed by atoms with E-state index < -0.39 is 4.92 Å². The molecule has 0 amide bonds. The van der Waals surface area contributed by atoms with Gasteiger partial charge in [0.25, 0.3) is 0 Å². The van der Waals surface area contributed by atoms with Crippen LogP contribution in [-0.2, 0) is 6.54 Å². The highest BCUT2D eigenvalue weighted by atomic mass is 79.9. The minimum absolute atomic E-state index is 0.138. The molecule has 0 saturated heterocycles. The number of aromatic nitrogens is 2. The number of likely N-dealkylation sites (N-methyl/N-ethyl adjacent to an activating group) is 1. The highest BCUT2D eigenvalue weighted by molar-refractivity contribution is 9.10. The van der Waals surface area contributed by atoms with Gasteiger partial charge in [0.15, 0.2) is 0 Å². The van der Waals surface area contributed by atoms with Gasteiger partial charge < -0.3 is 15.4 Å². The first-order chi connectivity index (χ1) is 6.65. The lowest BCUT2D eigenvalue weighted by molar-refractivity contribution is -0.390. The zero-order valence-corrected chi connectivity index (χ0v) is 9.32. The summed E-state index contributed by atoms with van der Waals surface area (Å²) in [7, 11) is 0. The van der Waals surface area contributed by atoms with Crippen molar-refractivity contribution < 1.29 is 4.92 Å². The molecule has 14 heavy (non-hydrogen) atoms. The van der Waals surface area contributed by atoms with Crippen molar-refractivity contribution in [2.75, 3.05) is 13.1 Å². The third-order valence-electron chi connectivity index (χ3n) is 1.64. The zero-order chi connectivity index (χ0) is 10.6. The fourth-order valence-corrected chi connectivity index (χ4v) is 1.46. The Bertz CT molecular complexity index is 325. The second-order valence-corrected chi connectivity index (χ2v) is 3.53. The summed E-state index contributed by atoms with van der Waals surface area (Å²) in [5, 5.41) is 17.4.